The highest BCUT2D eigenvalue weighted by Gasteiger charge is 2.61. The Bertz CT molecular complexity index is 712. The molecule has 0 spiro atoms. The normalized spacial score (nSPS) is 44.7. The summed E-state index contributed by atoms with van der Waals surface area (Å²) in [5.41, 5.74) is 0.296. The number of rotatable bonds is 2. The lowest BCUT2D eigenvalue weighted by Crippen LogP contribution is -2.61. The maximum atomic E-state index is 12.6. The van der Waals surface area contributed by atoms with E-state index >= 15 is 0 Å². The molecule has 8 atom stereocenters. The molecular formula is C26H44N2O2. The van der Waals surface area contributed by atoms with Gasteiger partial charge in [0.25, 0.3) is 0 Å². The summed E-state index contributed by atoms with van der Waals surface area (Å²) in [5, 5.41) is 3.37. The van der Waals surface area contributed by atoms with Gasteiger partial charge < -0.3 is 10.2 Å². The van der Waals surface area contributed by atoms with Crippen molar-refractivity contribution in [3.05, 3.63) is 0 Å². The van der Waals surface area contributed by atoms with E-state index in [2.05, 4.69) is 31.0 Å². The lowest BCUT2D eigenvalue weighted by Gasteiger charge is -2.62. The van der Waals surface area contributed by atoms with E-state index < -0.39 is 0 Å². The molecule has 4 heteroatoms. The Balaban J connectivity index is 1.53. The molecule has 3 aliphatic carbocycles. The largest absolute Gasteiger partial charge is 0.353 e. The molecule has 3 saturated carbocycles. The van der Waals surface area contributed by atoms with Gasteiger partial charge in [0.15, 0.2) is 0 Å². The molecule has 1 saturated heterocycles. The van der Waals surface area contributed by atoms with E-state index in [-0.39, 0.29) is 22.8 Å². The summed E-state index contributed by atoms with van der Waals surface area (Å²) in [4.78, 5) is 27.1. The number of carbonyl (C=O) groups excluding carboxylic acids is 2. The first-order valence-electron chi connectivity index (χ1n) is 12.5. The van der Waals surface area contributed by atoms with Gasteiger partial charge in [-0.1, -0.05) is 34.6 Å². The van der Waals surface area contributed by atoms with Crippen molar-refractivity contribution < 1.29 is 9.59 Å². The standard InChI is InChI=1S/C26H44N2O2/c1-16(27-23(30)24(2,3)4)18-9-10-19-17-8-11-21-26(6,15-13-22(29)28(21)7)20(17)12-14-25(18,19)5/h16-21H,8-15H2,1-7H3,(H,27,30)/t16?,17-,18+,19-,20-,21?,25+,26+/m0/s1. The molecule has 2 amide bonds. The Morgan fingerprint density at radius 1 is 1.03 bits per heavy atom. The van der Waals surface area contributed by atoms with Gasteiger partial charge in [0.2, 0.25) is 11.8 Å². The molecule has 0 aromatic carbocycles. The third kappa shape index (κ3) is 3.23. The molecule has 1 heterocycles. The number of nitrogens with one attached hydrogen (secondary N) is 1. The van der Waals surface area contributed by atoms with Crippen LogP contribution < -0.4 is 5.32 Å². The summed E-state index contributed by atoms with van der Waals surface area (Å²) in [6.45, 7) is 13.3. The van der Waals surface area contributed by atoms with Gasteiger partial charge in [0, 0.05) is 31.0 Å². The Morgan fingerprint density at radius 2 is 1.70 bits per heavy atom. The van der Waals surface area contributed by atoms with Crippen LogP contribution in [0.5, 0.6) is 0 Å². The molecule has 4 nitrogen and oxygen atoms in total. The highest BCUT2D eigenvalue weighted by atomic mass is 16.2. The number of hydrogen-bond acceptors (Lipinski definition) is 2. The van der Waals surface area contributed by atoms with Gasteiger partial charge in [-0.05, 0) is 86.4 Å². The summed E-state index contributed by atoms with van der Waals surface area (Å²) >= 11 is 0. The maximum absolute atomic E-state index is 12.6. The molecule has 2 unspecified atom stereocenters. The first-order chi connectivity index (χ1) is 13.9. The van der Waals surface area contributed by atoms with Crippen LogP contribution >= 0.6 is 0 Å². The van der Waals surface area contributed by atoms with Crippen LogP contribution in [-0.4, -0.2) is 35.8 Å². The first kappa shape index (κ1) is 22.1. The van der Waals surface area contributed by atoms with Crippen molar-refractivity contribution >= 4 is 11.8 Å². The quantitative estimate of drug-likeness (QED) is 0.687. The Morgan fingerprint density at radius 3 is 2.37 bits per heavy atom. The van der Waals surface area contributed by atoms with Gasteiger partial charge in [0.05, 0.1) is 0 Å². The van der Waals surface area contributed by atoms with Crippen LogP contribution in [0.2, 0.25) is 0 Å². The fraction of sp³-hybridized carbons (Fsp3) is 0.923. The van der Waals surface area contributed by atoms with Crippen LogP contribution in [-0.2, 0) is 9.59 Å². The predicted molar refractivity (Wildman–Crippen MR) is 121 cm³/mol. The summed E-state index contributed by atoms with van der Waals surface area (Å²) < 4.78 is 0. The summed E-state index contributed by atoms with van der Waals surface area (Å²) in [6, 6.07) is 0.681. The monoisotopic (exact) mass is 416 g/mol. The summed E-state index contributed by atoms with van der Waals surface area (Å²) in [6.07, 6.45) is 9.39. The molecule has 1 aliphatic heterocycles. The van der Waals surface area contributed by atoms with Crippen molar-refractivity contribution in [3.8, 4) is 0 Å². The number of nitrogens with zero attached hydrogens (tertiary/aromatic N) is 1. The van der Waals surface area contributed by atoms with E-state index in [1.165, 1.54) is 38.5 Å². The molecule has 0 bridgehead atoms. The van der Waals surface area contributed by atoms with Gasteiger partial charge in [-0.25, -0.2) is 0 Å². The third-order valence-electron chi connectivity index (χ3n) is 10.3. The predicted octanol–water partition coefficient (Wildman–Crippen LogP) is 5.02. The van der Waals surface area contributed by atoms with Crippen molar-refractivity contribution in [2.45, 2.75) is 105 Å². The van der Waals surface area contributed by atoms with Crippen molar-refractivity contribution in [3.63, 3.8) is 0 Å². The number of carbonyl (C=O) groups is 2. The second kappa shape index (κ2) is 7.24. The van der Waals surface area contributed by atoms with Crippen molar-refractivity contribution in [1.82, 2.24) is 10.2 Å². The molecule has 0 aromatic rings. The Labute approximate surface area is 183 Å². The number of piperidine rings is 1. The second-order valence-electron chi connectivity index (χ2n) is 12.7. The van der Waals surface area contributed by atoms with Gasteiger partial charge in [-0.3, -0.25) is 9.59 Å². The number of hydrogen-bond donors (Lipinski definition) is 1. The highest BCUT2D eigenvalue weighted by Crippen LogP contribution is 2.66. The minimum Gasteiger partial charge on any atom is -0.353 e. The number of likely N-dealkylation sites (tertiary alicyclic amines) is 1. The first-order valence-corrected chi connectivity index (χ1v) is 12.5. The van der Waals surface area contributed by atoms with Gasteiger partial charge in [-0.2, -0.15) is 0 Å². The Hall–Kier alpha value is -1.06. The van der Waals surface area contributed by atoms with Crippen LogP contribution in [0.4, 0.5) is 0 Å². The third-order valence-corrected chi connectivity index (χ3v) is 10.3. The van der Waals surface area contributed by atoms with Gasteiger partial charge in [-0.15, -0.1) is 0 Å². The van der Waals surface area contributed by atoms with E-state index in [1.54, 1.807) is 0 Å². The van der Waals surface area contributed by atoms with Crippen LogP contribution in [0.25, 0.3) is 0 Å². The van der Waals surface area contributed by atoms with Gasteiger partial charge >= 0.3 is 0 Å². The average Bonchev–Trinajstić information content (AvgIpc) is 3.01. The molecule has 0 radical (unpaired) electrons. The molecule has 170 valence electrons. The molecule has 30 heavy (non-hydrogen) atoms. The smallest absolute Gasteiger partial charge is 0.225 e. The zero-order valence-electron chi connectivity index (χ0n) is 20.4. The van der Waals surface area contributed by atoms with Crippen molar-refractivity contribution in [2.75, 3.05) is 7.05 Å². The minimum atomic E-state index is -0.331. The van der Waals surface area contributed by atoms with E-state index in [4.69, 9.17) is 0 Å². The zero-order chi connectivity index (χ0) is 22.1. The minimum absolute atomic E-state index is 0.179. The topological polar surface area (TPSA) is 49.4 Å². The van der Waals surface area contributed by atoms with E-state index in [0.717, 1.165) is 30.6 Å². The van der Waals surface area contributed by atoms with E-state index in [0.29, 0.717) is 23.3 Å². The molecular weight excluding hydrogens is 372 g/mol. The SMILES string of the molecule is CC(NC(=O)C(C)(C)C)[C@H]1CC[C@H]2[C@@H]3CCC4N(C)C(=O)CC[C@]4(C)[C@H]3CC[C@]12C. The molecule has 4 fully saturated rings. The second-order valence-corrected chi connectivity index (χ2v) is 12.7. The molecule has 4 aliphatic rings. The zero-order valence-corrected chi connectivity index (χ0v) is 20.4. The fourth-order valence-electron chi connectivity index (χ4n) is 8.54. The lowest BCUT2D eigenvalue weighted by molar-refractivity contribution is -0.158. The number of fused-ring (bicyclic) bond motifs is 5. The molecule has 1 N–H and O–H groups in total. The van der Waals surface area contributed by atoms with Crippen molar-refractivity contribution in [1.29, 1.82) is 0 Å². The molecule has 4 rings (SSSR count). The lowest BCUT2D eigenvalue weighted by atomic mass is 9.46. The van der Waals surface area contributed by atoms with Gasteiger partial charge in [0.1, 0.15) is 0 Å². The highest BCUT2D eigenvalue weighted by molar-refractivity contribution is 5.81. The average molecular weight is 417 g/mol. The van der Waals surface area contributed by atoms with Crippen LogP contribution in [0.15, 0.2) is 0 Å². The van der Waals surface area contributed by atoms with E-state index in [1.807, 2.05) is 27.8 Å². The molecule has 0 aromatic heterocycles. The number of amides is 2. The van der Waals surface area contributed by atoms with Crippen LogP contribution in [0.1, 0.15) is 92.9 Å². The fourth-order valence-corrected chi connectivity index (χ4v) is 8.54. The van der Waals surface area contributed by atoms with E-state index in [9.17, 15) is 9.59 Å². The van der Waals surface area contributed by atoms with Crippen LogP contribution in [0, 0.1) is 39.9 Å². The maximum Gasteiger partial charge on any atom is 0.225 e. The summed E-state index contributed by atoms with van der Waals surface area (Å²) in [7, 11) is 2.04. The van der Waals surface area contributed by atoms with Crippen molar-refractivity contribution in [2.24, 2.45) is 39.9 Å². The Kier molecular flexibility index (Phi) is 5.34. The van der Waals surface area contributed by atoms with Crippen LogP contribution in [0.3, 0.4) is 0 Å². The summed E-state index contributed by atoms with van der Waals surface area (Å²) in [5.74, 6) is 3.43.